The molecule has 108 valence electrons. The van der Waals surface area contributed by atoms with Gasteiger partial charge >= 0.3 is 5.97 Å². The molecule has 0 radical (unpaired) electrons. The van der Waals surface area contributed by atoms with E-state index in [2.05, 4.69) is 4.98 Å². The van der Waals surface area contributed by atoms with Gasteiger partial charge in [0.15, 0.2) is 0 Å². The number of hydrogen-bond acceptors (Lipinski definition) is 5. The molecule has 0 fully saturated rings. The summed E-state index contributed by atoms with van der Waals surface area (Å²) in [6.07, 6.45) is 0. The van der Waals surface area contributed by atoms with Gasteiger partial charge in [0.1, 0.15) is 0 Å². The number of benzene rings is 1. The van der Waals surface area contributed by atoms with Crippen molar-refractivity contribution < 1.29 is 14.8 Å². The maximum Gasteiger partial charge on any atom is 0.338 e. The lowest BCUT2D eigenvalue weighted by molar-refractivity contribution is -0.384. The van der Waals surface area contributed by atoms with E-state index in [1.54, 1.807) is 32.0 Å². The Kier molecular flexibility index (Phi) is 4.23. The second-order valence-corrected chi connectivity index (χ2v) is 5.50. The molecular formula is C14H12N2O4S. The Balaban J connectivity index is 2.39. The number of rotatable bonds is 4. The van der Waals surface area contributed by atoms with Gasteiger partial charge in [0, 0.05) is 27.6 Å². The summed E-state index contributed by atoms with van der Waals surface area (Å²) < 4.78 is 0. The van der Waals surface area contributed by atoms with Crippen LogP contribution in [0.4, 0.5) is 5.69 Å². The van der Waals surface area contributed by atoms with Crippen molar-refractivity contribution in [2.45, 2.75) is 23.6 Å². The van der Waals surface area contributed by atoms with Crippen molar-refractivity contribution in [1.29, 1.82) is 0 Å². The zero-order valence-corrected chi connectivity index (χ0v) is 12.2. The molecule has 2 rings (SSSR count). The fraction of sp³-hybridized carbons (Fsp3) is 0.143. The average molecular weight is 304 g/mol. The standard InChI is InChI=1S/C14H12N2O4S/c1-8-7-12(13(14(17)18)9(2)15-8)21-11-5-3-10(4-6-11)16(19)20/h3-7H,1-2H3,(H,17,18). The number of nitro groups is 1. The Labute approximate surface area is 125 Å². The molecule has 0 aliphatic carbocycles. The number of non-ortho nitro benzene ring substituents is 1. The minimum absolute atomic E-state index is 0.0000949. The van der Waals surface area contributed by atoms with Crippen molar-refractivity contribution in [3.05, 3.63) is 57.4 Å². The van der Waals surface area contributed by atoms with Gasteiger partial charge in [-0.3, -0.25) is 15.1 Å². The number of nitrogens with zero attached hydrogens (tertiary/aromatic N) is 2. The van der Waals surface area contributed by atoms with E-state index in [1.807, 2.05) is 0 Å². The van der Waals surface area contributed by atoms with Crippen molar-refractivity contribution in [1.82, 2.24) is 4.98 Å². The summed E-state index contributed by atoms with van der Waals surface area (Å²) in [4.78, 5) is 26.9. The first-order valence-electron chi connectivity index (χ1n) is 6.02. The minimum atomic E-state index is -1.04. The number of carbonyl (C=O) groups is 1. The molecule has 0 spiro atoms. The summed E-state index contributed by atoms with van der Waals surface area (Å²) in [6.45, 7) is 3.44. The van der Waals surface area contributed by atoms with Gasteiger partial charge in [0.25, 0.3) is 5.69 Å². The average Bonchev–Trinajstić information content (AvgIpc) is 2.37. The largest absolute Gasteiger partial charge is 0.478 e. The molecule has 2 aromatic rings. The van der Waals surface area contributed by atoms with Crippen molar-refractivity contribution in [3.8, 4) is 0 Å². The van der Waals surface area contributed by atoms with E-state index < -0.39 is 10.9 Å². The highest BCUT2D eigenvalue weighted by Crippen LogP contribution is 2.33. The van der Waals surface area contributed by atoms with E-state index in [-0.39, 0.29) is 11.3 Å². The quantitative estimate of drug-likeness (QED) is 0.686. The van der Waals surface area contributed by atoms with E-state index in [1.165, 1.54) is 23.9 Å². The molecule has 0 amide bonds. The van der Waals surface area contributed by atoms with Gasteiger partial charge in [-0.25, -0.2) is 4.79 Å². The predicted octanol–water partition coefficient (Wildman–Crippen LogP) is 3.46. The first-order chi connectivity index (χ1) is 9.88. The number of aryl methyl sites for hydroxylation is 2. The molecule has 21 heavy (non-hydrogen) atoms. The predicted molar refractivity (Wildman–Crippen MR) is 77.9 cm³/mol. The molecule has 0 aliphatic rings. The molecule has 0 bridgehead atoms. The van der Waals surface area contributed by atoms with Crippen LogP contribution in [0.5, 0.6) is 0 Å². The number of carboxylic acid groups (broad SMARTS) is 1. The van der Waals surface area contributed by atoms with E-state index in [0.717, 1.165) is 10.6 Å². The number of aromatic carboxylic acids is 1. The molecule has 6 nitrogen and oxygen atoms in total. The van der Waals surface area contributed by atoms with Gasteiger partial charge in [-0.05, 0) is 32.0 Å². The third-order valence-corrected chi connectivity index (χ3v) is 3.83. The van der Waals surface area contributed by atoms with Crippen molar-refractivity contribution >= 4 is 23.4 Å². The highest BCUT2D eigenvalue weighted by atomic mass is 32.2. The fourth-order valence-electron chi connectivity index (χ4n) is 1.90. The molecule has 0 atom stereocenters. The zero-order chi connectivity index (χ0) is 15.6. The van der Waals surface area contributed by atoms with Gasteiger partial charge in [-0.1, -0.05) is 11.8 Å². The molecule has 1 aromatic heterocycles. The summed E-state index contributed by atoms with van der Waals surface area (Å²) in [6, 6.07) is 7.68. The summed E-state index contributed by atoms with van der Waals surface area (Å²) in [7, 11) is 0. The number of pyridine rings is 1. The lowest BCUT2D eigenvalue weighted by Crippen LogP contribution is -2.05. The van der Waals surface area contributed by atoms with Crippen LogP contribution < -0.4 is 0 Å². The third kappa shape index (κ3) is 3.38. The second kappa shape index (κ2) is 5.92. The van der Waals surface area contributed by atoms with E-state index >= 15 is 0 Å². The minimum Gasteiger partial charge on any atom is -0.478 e. The van der Waals surface area contributed by atoms with Crippen LogP contribution in [-0.4, -0.2) is 21.0 Å². The highest BCUT2D eigenvalue weighted by molar-refractivity contribution is 7.99. The van der Waals surface area contributed by atoms with E-state index in [4.69, 9.17) is 0 Å². The normalized spacial score (nSPS) is 10.4. The van der Waals surface area contributed by atoms with Gasteiger partial charge in [0.05, 0.1) is 16.2 Å². The van der Waals surface area contributed by atoms with Crippen LogP contribution in [0, 0.1) is 24.0 Å². The molecule has 0 saturated carbocycles. The van der Waals surface area contributed by atoms with Gasteiger partial charge in [-0.15, -0.1) is 0 Å². The monoisotopic (exact) mass is 304 g/mol. The Bertz CT molecular complexity index is 714. The molecule has 1 aromatic carbocycles. The number of aromatic nitrogens is 1. The Hall–Kier alpha value is -2.41. The maximum absolute atomic E-state index is 11.3. The van der Waals surface area contributed by atoms with Crippen molar-refractivity contribution in [2.75, 3.05) is 0 Å². The molecule has 0 saturated heterocycles. The molecule has 1 heterocycles. The SMILES string of the molecule is Cc1cc(Sc2ccc([N+](=O)[O-])cc2)c(C(=O)O)c(C)n1. The van der Waals surface area contributed by atoms with Crippen LogP contribution in [0.3, 0.4) is 0 Å². The Morgan fingerprint density at radius 2 is 1.90 bits per heavy atom. The van der Waals surface area contributed by atoms with Crippen LogP contribution in [0.15, 0.2) is 40.1 Å². The summed E-state index contributed by atoms with van der Waals surface area (Å²) in [5.74, 6) is -1.04. The Morgan fingerprint density at radius 1 is 1.29 bits per heavy atom. The lowest BCUT2D eigenvalue weighted by atomic mass is 10.2. The maximum atomic E-state index is 11.3. The number of hydrogen-bond donors (Lipinski definition) is 1. The summed E-state index contributed by atoms with van der Waals surface area (Å²) in [5.41, 5.74) is 1.33. The molecule has 0 unspecified atom stereocenters. The molecule has 7 heteroatoms. The van der Waals surface area contributed by atoms with Crippen LogP contribution in [0.2, 0.25) is 0 Å². The first-order valence-corrected chi connectivity index (χ1v) is 6.84. The fourth-order valence-corrected chi connectivity index (χ4v) is 2.99. The zero-order valence-electron chi connectivity index (χ0n) is 11.4. The van der Waals surface area contributed by atoms with Crippen molar-refractivity contribution in [2.24, 2.45) is 0 Å². The van der Waals surface area contributed by atoms with Crippen LogP contribution in [0.1, 0.15) is 21.7 Å². The van der Waals surface area contributed by atoms with Gasteiger partial charge < -0.3 is 5.11 Å². The second-order valence-electron chi connectivity index (χ2n) is 4.38. The molecule has 1 N–H and O–H groups in total. The smallest absolute Gasteiger partial charge is 0.338 e. The molecule has 0 aliphatic heterocycles. The van der Waals surface area contributed by atoms with Crippen molar-refractivity contribution in [3.63, 3.8) is 0 Å². The van der Waals surface area contributed by atoms with Gasteiger partial charge in [0.2, 0.25) is 0 Å². The lowest BCUT2D eigenvalue weighted by Gasteiger charge is -2.09. The van der Waals surface area contributed by atoms with Crippen LogP contribution >= 0.6 is 11.8 Å². The van der Waals surface area contributed by atoms with Crippen LogP contribution in [0.25, 0.3) is 0 Å². The Morgan fingerprint density at radius 3 is 2.43 bits per heavy atom. The summed E-state index contributed by atoms with van der Waals surface area (Å²) in [5, 5.41) is 19.9. The van der Waals surface area contributed by atoms with Gasteiger partial charge in [-0.2, -0.15) is 0 Å². The highest BCUT2D eigenvalue weighted by Gasteiger charge is 2.16. The third-order valence-electron chi connectivity index (χ3n) is 2.78. The van der Waals surface area contributed by atoms with E-state index in [9.17, 15) is 20.0 Å². The number of carboxylic acids is 1. The first kappa shape index (κ1) is 15.0. The topological polar surface area (TPSA) is 93.3 Å². The summed E-state index contributed by atoms with van der Waals surface area (Å²) >= 11 is 1.25. The number of nitro benzene ring substituents is 1. The molecular weight excluding hydrogens is 292 g/mol. The van der Waals surface area contributed by atoms with Crippen LogP contribution in [-0.2, 0) is 0 Å². The van der Waals surface area contributed by atoms with E-state index in [0.29, 0.717) is 10.6 Å².